The van der Waals surface area contributed by atoms with Gasteiger partial charge in [0.1, 0.15) is 12.4 Å². The number of nitrogens with zero attached hydrogens (tertiary/aromatic N) is 1. The van der Waals surface area contributed by atoms with E-state index in [1.165, 1.54) is 17.2 Å². The first-order valence-electron chi connectivity index (χ1n) is 9.90. The van der Waals surface area contributed by atoms with Crippen LogP contribution in [-0.4, -0.2) is 19.2 Å². The van der Waals surface area contributed by atoms with E-state index in [1.54, 1.807) is 12.1 Å². The number of amides is 1. The van der Waals surface area contributed by atoms with Gasteiger partial charge in [0.25, 0.3) is 0 Å². The van der Waals surface area contributed by atoms with E-state index in [9.17, 15) is 9.18 Å². The maximum Gasteiger partial charge on any atom is 0.407 e. The highest BCUT2D eigenvalue weighted by atomic mass is 19.1. The molecular weight excluding hydrogens is 391 g/mol. The molecular formula is C26H19FN2O2. The van der Waals surface area contributed by atoms with Crippen molar-refractivity contribution in [3.63, 3.8) is 0 Å². The van der Waals surface area contributed by atoms with Gasteiger partial charge in [0.15, 0.2) is 0 Å². The molecule has 152 valence electrons. The molecule has 1 amide bonds. The number of fused-ring (bicyclic) bond motifs is 3. The van der Waals surface area contributed by atoms with Gasteiger partial charge in [0, 0.05) is 17.0 Å². The van der Waals surface area contributed by atoms with Crippen LogP contribution in [0.5, 0.6) is 0 Å². The number of carbonyl (C=O) groups is 1. The second-order valence-electron chi connectivity index (χ2n) is 7.12. The molecule has 0 spiro atoms. The van der Waals surface area contributed by atoms with Gasteiger partial charge in [-0.2, -0.15) is 5.26 Å². The number of halogens is 1. The van der Waals surface area contributed by atoms with Gasteiger partial charge in [-0.05, 0) is 34.4 Å². The molecule has 0 fully saturated rings. The molecule has 0 saturated carbocycles. The molecule has 0 atom stereocenters. The van der Waals surface area contributed by atoms with Crippen molar-refractivity contribution in [3.05, 3.63) is 94.8 Å². The Kier molecular flexibility index (Phi) is 5.96. The minimum atomic E-state index is -0.549. The number of carbonyl (C=O) groups excluding carboxylic acids is 1. The SMILES string of the molecule is N#CCc1ccc(C#CCNC(=O)OCC2c3ccccc3-c3ccccc32)cc1F. The van der Waals surface area contributed by atoms with Gasteiger partial charge in [-0.15, -0.1) is 0 Å². The first kappa shape index (κ1) is 20.2. The zero-order valence-electron chi connectivity index (χ0n) is 16.7. The van der Waals surface area contributed by atoms with E-state index in [0.29, 0.717) is 11.1 Å². The second-order valence-corrected chi connectivity index (χ2v) is 7.12. The Balaban J connectivity index is 1.33. The Morgan fingerprint density at radius 1 is 1.03 bits per heavy atom. The predicted molar refractivity (Wildman–Crippen MR) is 116 cm³/mol. The molecule has 0 bridgehead atoms. The summed E-state index contributed by atoms with van der Waals surface area (Å²) in [5.74, 6) is 5.11. The van der Waals surface area contributed by atoms with Crippen molar-refractivity contribution in [2.24, 2.45) is 0 Å². The lowest BCUT2D eigenvalue weighted by molar-refractivity contribution is 0.144. The number of nitrogens with one attached hydrogen (secondary N) is 1. The highest BCUT2D eigenvalue weighted by Crippen LogP contribution is 2.44. The van der Waals surface area contributed by atoms with Gasteiger partial charge in [-0.25, -0.2) is 9.18 Å². The van der Waals surface area contributed by atoms with E-state index < -0.39 is 11.9 Å². The summed E-state index contributed by atoms with van der Waals surface area (Å²) in [5, 5.41) is 11.3. The van der Waals surface area contributed by atoms with Crippen LogP contribution in [0.15, 0.2) is 66.7 Å². The van der Waals surface area contributed by atoms with E-state index in [1.807, 2.05) is 30.3 Å². The van der Waals surface area contributed by atoms with E-state index in [0.717, 1.165) is 11.1 Å². The average Bonchev–Trinajstić information content (AvgIpc) is 3.11. The number of hydrogen-bond acceptors (Lipinski definition) is 3. The molecule has 0 aromatic heterocycles. The fourth-order valence-electron chi connectivity index (χ4n) is 3.77. The first-order valence-corrected chi connectivity index (χ1v) is 9.90. The zero-order valence-corrected chi connectivity index (χ0v) is 16.7. The van der Waals surface area contributed by atoms with Crippen molar-refractivity contribution in [1.82, 2.24) is 5.32 Å². The number of nitriles is 1. The van der Waals surface area contributed by atoms with Gasteiger partial charge >= 0.3 is 6.09 Å². The third-order valence-corrected chi connectivity index (χ3v) is 5.22. The largest absolute Gasteiger partial charge is 0.449 e. The summed E-state index contributed by atoms with van der Waals surface area (Å²) in [6.07, 6.45) is -0.533. The van der Waals surface area contributed by atoms with Crippen LogP contribution in [0.1, 0.15) is 28.2 Å². The highest BCUT2D eigenvalue weighted by Gasteiger charge is 2.28. The smallest absolute Gasteiger partial charge is 0.407 e. The van der Waals surface area contributed by atoms with Crippen LogP contribution in [0.2, 0.25) is 0 Å². The standard InChI is InChI=1S/C26H19FN2O2/c27-25-16-18(11-12-19(25)13-14-28)6-5-15-29-26(30)31-17-24-22-9-3-1-7-20(22)21-8-2-4-10-23(21)24/h1-4,7-12,16,24H,13,15,17H2,(H,29,30). The fraction of sp³-hybridized carbons (Fsp3) is 0.154. The lowest BCUT2D eigenvalue weighted by Gasteiger charge is -2.14. The van der Waals surface area contributed by atoms with Gasteiger partial charge in [-0.1, -0.05) is 66.4 Å². The minimum Gasteiger partial charge on any atom is -0.449 e. The molecule has 1 N–H and O–H groups in total. The summed E-state index contributed by atoms with van der Waals surface area (Å²) < 4.78 is 19.3. The van der Waals surface area contributed by atoms with Crippen molar-refractivity contribution in [2.45, 2.75) is 12.3 Å². The summed E-state index contributed by atoms with van der Waals surface area (Å²) >= 11 is 0. The van der Waals surface area contributed by atoms with E-state index >= 15 is 0 Å². The molecule has 1 aliphatic carbocycles. The number of hydrogen-bond donors (Lipinski definition) is 1. The van der Waals surface area contributed by atoms with E-state index in [4.69, 9.17) is 10.00 Å². The molecule has 4 nitrogen and oxygen atoms in total. The molecule has 0 heterocycles. The Morgan fingerprint density at radius 2 is 1.71 bits per heavy atom. The molecule has 0 aliphatic heterocycles. The Labute approximate surface area is 180 Å². The summed E-state index contributed by atoms with van der Waals surface area (Å²) in [4.78, 5) is 12.1. The molecule has 5 heteroatoms. The lowest BCUT2D eigenvalue weighted by atomic mass is 9.98. The lowest BCUT2D eigenvalue weighted by Crippen LogP contribution is -2.26. The third kappa shape index (κ3) is 4.42. The van der Waals surface area contributed by atoms with Crippen LogP contribution in [0.4, 0.5) is 9.18 Å². The predicted octanol–water partition coefficient (Wildman–Crippen LogP) is 4.78. The molecule has 0 saturated heterocycles. The van der Waals surface area contributed by atoms with Gasteiger partial charge < -0.3 is 10.1 Å². The van der Waals surface area contributed by atoms with Gasteiger partial charge in [0.05, 0.1) is 19.0 Å². The van der Waals surface area contributed by atoms with Crippen molar-refractivity contribution < 1.29 is 13.9 Å². The van der Waals surface area contributed by atoms with Crippen LogP contribution in [0, 0.1) is 29.0 Å². The summed E-state index contributed by atoms with van der Waals surface area (Å²) in [5.41, 5.74) is 5.46. The van der Waals surface area contributed by atoms with Crippen LogP contribution in [-0.2, 0) is 11.2 Å². The molecule has 3 aromatic rings. The fourth-order valence-corrected chi connectivity index (χ4v) is 3.77. The normalized spacial score (nSPS) is 11.5. The van der Waals surface area contributed by atoms with Crippen molar-refractivity contribution in [2.75, 3.05) is 13.2 Å². The summed E-state index contributed by atoms with van der Waals surface area (Å²) in [7, 11) is 0. The van der Waals surface area contributed by atoms with Crippen LogP contribution < -0.4 is 5.32 Å². The van der Waals surface area contributed by atoms with E-state index in [2.05, 4.69) is 41.4 Å². The molecule has 4 rings (SSSR count). The molecule has 31 heavy (non-hydrogen) atoms. The monoisotopic (exact) mass is 410 g/mol. The van der Waals surface area contributed by atoms with Crippen LogP contribution in [0.25, 0.3) is 11.1 Å². The Hall–Kier alpha value is -4.09. The quantitative estimate of drug-likeness (QED) is 0.630. The maximum atomic E-state index is 13.8. The minimum absolute atomic E-state index is 0.000801. The highest BCUT2D eigenvalue weighted by molar-refractivity contribution is 5.79. The van der Waals surface area contributed by atoms with E-state index in [-0.39, 0.29) is 25.5 Å². The first-order chi connectivity index (χ1) is 15.2. The second kappa shape index (κ2) is 9.15. The number of ether oxygens (including phenoxy) is 1. The third-order valence-electron chi connectivity index (χ3n) is 5.22. The Morgan fingerprint density at radius 3 is 2.35 bits per heavy atom. The molecule has 0 radical (unpaired) electrons. The van der Waals surface area contributed by atoms with Crippen molar-refractivity contribution >= 4 is 6.09 Å². The van der Waals surface area contributed by atoms with Crippen molar-refractivity contribution in [1.29, 1.82) is 5.26 Å². The molecule has 0 unspecified atom stereocenters. The van der Waals surface area contributed by atoms with Gasteiger partial charge in [-0.3, -0.25) is 0 Å². The summed E-state index contributed by atoms with van der Waals surface area (Å²) in [6.45, 7) is 0.317. The maximum absolute atomic E-state index is 13.8. The molecule has 3 aromatic carbocycles. The van der Waals surface area contributed by atoms with Crippen LogP contribution >= 0.6 is 0 Å². The summed E-state index contributed by atoms with van der Waals surface area (Å²) in [6, 6.07) is 22.7. The zero-order chi connectivity index (χ0) is 21.6. The van der Waals surface area contributed by atoms with Crippen LogP contribution in [0.3, 0.4) is 0 Å². The number of rotatable bonds is 4. The number of benzene rings is 3. The molecule has 1 aliphatic rings. The van der Waals surface area contributed by atoms with Crippen molar-refractivity contribution in [3.8, 4) is 29.0 Å². The average molecular weight is 410 g/mol. The number of alkyl carbamates (subject to hydrolysis) is 1. The topological polar surface area (TPSA) is 62.1 Å². The Bertz CT molecular complexity index is 1190. The van der Waals surface area contributed by atoms with Gasteiger partial charge in [0.2, 0.25) is 0 Å².